The molecule has 1 heterocycles. The summed E-state index contributed by atoms with van der Waals surface area (Å²) in [4.78, 5) is 12.1. The highest BCUT2D eigenvalue weighted by molar-refractivity contribution is 8.01. The van der Waals surface area contributed by atoms with Crippen LogP contribution in [0.3, 0.4) is 0 Å². The van der Waals surface area contributed by atoms with Crippen molar-refractivity contribution in [2.24, 2.45) is 0 Å². The van der Waals surface area contributed by atoms with Gasteiger partial charge < -0.3 is 5.32 Å². The number of carbonyl (C=O) groups is 1. The van der Waals surface area contributed by atoms with Crippen LogP contribution in [0.1, 0.15) is 35.0 Å². The van der Waals surface area contributed by atoms with Gasteiger partial charge in [0.2, 0.25) is 5.91 Å². The van der Waals surface area contributed by atoms with Crippen molar-refractivity contribution in [1.29, 1.82) is 0 Å². The molecule has 0 radical (unpaired) electrons. The predicted molar refractivity (Wildman–Crippen MR) is 85.6 cm³/mol. The van der Waals surface area contributed by atoms with Crippen molar-refractivity contribution < 1.29 is 4.79 Å². The number of aryl methyl sites for hydroxylation is 2. The Labute approximate surface area is 132 Å². The largest absolute Gasteiger partial charge is 0.349 e. The molecule has 0 unspecified atom stereocenters. The van der Waals surface area contributed by atoms with Gasteiger partial charge in [-0.3, -0.25) is 4.79 Å². The van der Waals surface area contributed by atoms with E-state index in [0.717, 1.165) is 28.6 Å². The first-order valence-electron chi connectivity index (χ1n) is 7.02. The first kappa shape index (κ1) is 14.5. The molecule has 0 spiro atoms. The lowest BCUT2D eigenvalue weighted by atomic mass is 9.88. The van der Waals surface area contributed by atoms with Crippen LogP contribution in [0, 0.1) is 6.92 Å². The third-order valence-corrected chi connectivity index (χ3v) is 5.51. The fourth-order valence-electron chi connectivity index (χ4n) is 2.60. The summed E-state index contributed by atoms with van der Waals surface area (Å²) in [6, 6.07) is 8.55. The van der Waals surface area contributed by atoms with Gasteiger partial charge in [-0.05, 0) is 37.3 Å². The zero-order chi connectivity index (χ0) is 14.7. The minimum Gasteiger partial charge on any atom is -0.349 e. The SMILES string of the molecule is Cc1nnc(SCC(=O)N[C@@H]2CCCc3ccccc32)s1. The molecule has 110 valence electrons. The van der Waals surface area contributed by atoms with Gasteiger partial charge in [0.25, 0.3) is 0 Å². The molecule has 0 saturated carbocycles. The minimum atomic E-state index is 0.0644. The third-order valence-electron chi connectivity index (χ3n) is 3.54. The van der Waals surface area contributed by atoms with E-state index in [1.807, 2.05) is 13.0 Å². The van der Waals surface area contributed by atoms with Crippen LogP contribution in [0.15, 0.2) is 28.6 Å². The van der Waals surface area contributed by atoms with E-state index in [0.29, 0.717) is 5.75 Å². The zero-order valence-electron chi connectivity index (χ0n) is 11.8. The summed E-state index contributed by atoms with van der Waals surface area (Å²) >= 11 is 2.98. The van der Waals surface area contributed by atoms with Crippen molar-refractivity contribution in [1.82, 2.24) is 15.5 Å². The number of thioether (sulfide) groups is 1. The Hall–Kier alpha value is -1.40. The normalized spacial score (nSPS) is 17.3. The molecule has 21 heavy (non-hydrogen) atoms. The highest BCUT2D eigenvalue weighted by atomic mass is 32.2. The molecule has 4 nitrogen and oxygen atoms in total. The van der Waals surface area contributed by atoms with E-state index >= 15 is 0 Å². The molecule has 6 heteroatoms. The summed E-state index contributed by atoms with van der Waals surface area (Å²) in [5.41, 5.74) is 2.63. The van der Waals surface area contributed by atoms with Crippen molar-refractivity contribution in [3.8, 4) is 0 Å². The molecular weight excluding hydrogens is 302 g/mol. The number of hydrogen-bond acceptors (Lipinski definition) is 5. The maximum Gasteiger partial charge on any atom is 0.230 e. The fraction of sp³-hybridized carbons (Fsp3) is 0.400. The monoisotopic (exact) mass is 319 g/mol. The van der Waals surface area contributed by atoms with Crippen LogP contribution in [0.2, 0.25) is 0 Å². The lowest BCUT2D eigenvalue weighted by molar-refractivity contribution is -0.119. The van der Waals surface area contributed by atoms with Crippen molar-refractivity contribution in [3.63, 3.8) is 0 Å². The summed E-state index contributed by atoms with van der Waals surface area (Å²) in [5.74, 6) is 0.461. The number of aromatic nitrogens is 2. The van der Waals surface area contributed by atoms with Crippen molar-refractivity contribution in [2.45, 2.75) is 36.6 Å². The second-order valence-electron chi connectivity index (χ2n) is 5.09. The molecule has 0 fully saturated rings. The minimum absolute atomic E-state index is 0.0644. The van der Waals surface area contributed by atoms with Gasteiger partial charge in [-0.25, -0.2) is 0 Å². The number of nitrogens with one attached hydrogen (secondary N) is 1. The number of benzene rings is 1. The molecule has 1 amide bonds. The van der Waals surface area contributed by atoms with E-state index in [-0.39, 0.29) is 11.9 Å². The van der Waals surface area contributed by atoms with Gasteiger partial charge in [0.05, 0.1) is 11.8 Å². The van der Waals surface area contributed by atoms with Crippen molar-refractivity contribution in [3.05, 3.63) is 40.4 Å². The van der Waals surface area contributed by atoms with E-state index in [1.165, 1.54) is 34.2 Å². The quantitative estimate of drug-likeness (QED) is 0.880. The molecule has 1 aromatic carbocycles. The molecule has 1 aliphatic carbocycles. The van der Waals surface area contributed by atoms with Crippen LogP contribution in [0.5, 0.6) is 0 Å². The van der Waals surface area contributed by atoms with Gasteiger partial charge >= 0.3 is 0 Å². The Kier molecular flexibility index (Phi) is 4.55. The molecule has 0 aliphatic heterocycles. The van der Waals surface area contributed by atoms with Crippen LogP contribution >= 0.6 is 23.1 Å². The maximum atomic E-state index is 12.1. The summed E-state index contributed by atoms with van der Waals surface area (Å²) in [5, 5.41) is 12.1. The molecule has 1 aromatic heterocycles. The van der Waals surface area contributed by atoms with E-state index < -0.39 is 0 Å². The molecule has 1 atom stereocenters. The van der Waals surface area contributed by atoms with E-state index in [1.54, 1.807) is 0 Å². The van der Waals surface area contributed by atoms with Gasteiger partial charge in [-0.15, -0.1) is 10.2 Å². The summed E-state index contributed by atoms with van der Waals surface area (Å²) in [6.45, 7) is 1.92. The van der Waals surface area contributed by atoms with Crippen molar-refractivity contribution >= 4 is 29.0 Å². The van der Waals surface area contributed by atoms with Crippen LogP contribution < -0.4 is 5.32 Å². The number of carbonyl (C=O) groups excluding carboxylic acids is 1. The summed E-state index contributed by atoms with van der Waals surface area (Å²) in [6.07, 6.45) is 3.26. The molecule has 0 bridgehead atoms. The van der Waals surface area contributed by atoms with Gasteiger partial charge in [0, 0.05) is 0 Å². The maximum absolute atomic E-state index is 12.1. The first-order valence-corrected chi connectivity index (χ1v) is 8.82. The predicted octanol–water partition coefficient (Wildman–Crippen LogP) is 3.13. The van der Waals surface area contributed by atoms with Crippen molar-refractivity contribution in [2.75, 3.05) is 5.75 Å². The average molecular weight is 319 g/mol. The Morgan fingerprint density at radius 1 is 1.43 bits per heavy atom. The van der Waals surface area contributed by atoms with Gasteiger partial charge in [0.15, 0.2) is 4.34 Å². The molecular formula is C15H17N3OS2. The number of nitrogens with zero attached hydrogens (tertiary/aromatic N) is 2. The standard InChI is InChI=1S/C15H17N3OS2/c1-10-17-18-15(21-10)20-9-14(19)16-13-8-4-6-11-5-2-3-7-12(11)13/h2-3,5,7,13H,4,6,8-9H2,1H3,(H,16,19)/t13-/m1/s1. The van der Waals surface area contributed by atoms with Crippen LogP contribution in [-0.2, 0) is 11.2 Å². The Balaban J connectivity index is 1.58. The molecule has 2 aromatic rings. The summed E-state index contributed by atoms with van der Waals surface area (Å²) in [7, 11) is 0. The smallest absolute Gasteiger partial charge is 0.230 e. The van der Waals surface area contributed by atoms with E-state index in [4.69, 9.17) is 0 Å². The first-order chi connectivity index (χ1) is 10.2. The fourth-order valence-corrected chi connectivity index (χ4v) is 4.23. The second kappa shape index (κ2) is 6.58. The average Bonchev–Trinajstić information content (AvgIpc) is 2.91. The van der Waals surface area contributed by atoms with E-state index in [2.05, 4.69) is 33.7 Å². The zero-order valence-corrected chi connectivity index (χ0v) is 13.5. The summed E-state index contributed by atoms with van der Waals surface area (Å²) < 4.78 is 0.853. The van der Waals surface area contributed by atoms with E-state index in [9.17, 15) is 4.79 Å². The van der Waals surface area contributed by atoms with Gasteiger partial charge in [0.1, 0.15) is 5.01 Å². The van der Waals surface area contributed by atoms with Gasteiger partial charge in [-0.2, -0.15) is 0 Å². The van der Waals surface area contributed by atoms with Crippen LogP contribution in [-0.4, -0.2) is 21.9 Å². The highest BCUT2D eigenvalue weighted by Gasteiger charge is 2.21. The third kappa shape index (κ3) is 3.63. The van der Waals surface area contributed by atoms with Crippen LogP contribution in [0.4, 0.5) is 0 Å². The number of rotatable bonds is 4. The Morgan fingerprint density at radius 2 is 2.29 bits per heavy atom. The molecule has 1 N–H and O–H groups in total. The molecule has 3 rings (SSSR count). The molecule has 0 saturated heterocycles. The lowest BCUT2D eigenvalue weighted by Gasteiger charge is -2.26. The van der Waals surface area contributed by atoms with Crippen LogP contribution in [0.25, 0.3) is 0 Å². The highest BCUT2D eigenvalue weighted by Crippen LogP contribution is 2.29. The number of amides is 1. The Morgan fingerprint density at radius 3 is 3.10 bits per heavy atom. The second-order valence-corrected chi connectivity index (χ2v) is 7.49. The number of fused-ring (bicyclic) bond motifs is 1. The van der Waals surface area contributed by atoms with Gasteiger partial charge in [-0.1, -0.05) is 47.4 Å². The Bertz CT molecular complexity index is 641. The lowest BCUT2D eigenvalue weighted by Crippen LogP contribution is -2.32. The number of hydrogen-bond donors (Lipinski definition) is 1. The topological polar surface area (TPSA) is 54.9 Å². The molecule has 1 aliphatic rings.